The lowest BCUT2D eigenvalue weighted by molar-refractivity contribution is -0.138. The molecule has 47 heavy (non-hydrogen) atoms. The van der Waals surface area contributed by atoms with Gasteiger partial charge in [-0.15, -0.1) is 5.06 Å². The van der Waals surface area contributed by atoms with Gasteiger partial charge in [-0.3, -0.25) is 4.84 Å². The van der Waals surface area contributed by atoms with Crippen LogP contribution < -0.4 is 9.47 Å². The number of hydroxylamine groups is 2. The number of hydrogen-bond acceptors (Lipinski definition) is 7. The molecule has 2 atom stereocenters. The molecular formula is C39H35N3O5. The molecule has 8 heteroatoms. The van der Waals surface area contributed by atoms with Crippen molar-refractivity contribution in [1.82, 2.24) is 15.0 Å². The highest BCUT2D eigenvalue weighted by Crippen LogP contribution is 2.39. The zero-order chi connectivity index (χ0) is 32.2. The Kier molecular flexibility index (Phi) is 8.52. The van der Waals surface area contributed by atoms with E-state index < -0.39 is 12.2 Å². The Balaban J connectivity index is 1.05. The summed E-state index contributed by atoms with van der Waals surface area (Å²) in [7, 11) is 0. The van der Waals surface area contributed by atoms with Gasteiger partial charge in [0.05, 0.1) is 22.4 Å². The second-order valence-corrected chi connectivity index (χ2v) is 12.0. The number of hydrogen-bond donors (Lipinski definition) is 1. The normalized spacial score (nSPS) is 15.9. The van der Waals surface area contributed by atoms with Gasteiger partial charge in [-0.1, -0.05) is 79.7 Å². The monoisotopic (exact) mass is 625 g/mol. The molecule has 1 N–H and O–H groups in total. The van der Waals surface area contributed by atoms with Gasteiger partial charge in [0.15, 0.2) is 0 Å². The van der Waals surface area contributed by atoms with Crippen molar-refractivity contribution < 1.29 is 24.2 Å². The molecule has 1 aliphatic heterocycles. The fourth-order valence-electron chi connectivity index (χ4n) is 6.01. The average molecular weight is 626 g/mol. The van der Waals surface area contributed by atoms with Crippen molar-refractivity contribution >= 4 is 27.8 Å². The van der Waals surface area contributed by atoms with E-state index in [1.54, 1.807) is 0 Å². The number of aromatic nitrogens is 2. The fraction of sp³-hybridized carbons (Fsp3) is 0.205. The van der Waals surface area contributed by atoms with Crippen molar-refractivity contribution in [3.8, 4) is 11.5 Å². The summed E-state index contributed by atoms with van der Waals surface area (Å²) in [5, 5.41) is 12.9. The lowest BCUT2D eigenvalue weighted by Crippen LogP contribution is -2.25. The summed E-state index contributed by atoms with van der Waals surface area (Å²) in [6, 6.07) is 40.6. The maximum absolute atomic E-state index is 11.2. The molecule has 2 unspecified atom stereocenters. The number of rotatable bonds is 13. The van der Waals surface area contributed by atoms with Crippen molar-refractivity contribution in [3.63, 3.8) is 0 Å². The summed E-state index contributed by atoms with van der Waals surface area (Å²) < 4.78 is 12.2. The average Bonchev–Trinajstić information content (AvgIpc) is 3.90. The molecule has 8 nitrogen and oxygen atoms in total. The quantitative estimate of drug-likeness (QED) is 0.131. The molecular weight excluding hydrogens is 590 g/mol. The number of benzene rings is 4. The Labute approximate surface area is 273 Å². The number of nitrogens with zero attached hydrogens (tertiary/aromatic N) is 3. The number of aliphatic carboxylic acids is 1. The first-order valence-electron chi connectivity index (χ1n) is 15.8. The van der Waals surface area contributed by atoms with E-state index in [9.17, 15) is 9.90 Å². The first kappa shape index (κ1) is 30.3. The van der Waals surface area contributed by atoms with Crippen LogP contribution in [0, 0.1) is 0 Å². The summed E-state index contributed by atoms with van der Waals surface area (Å²) in [4.78, 5) is 25.9. The van der Waals surface area contributed by atoms with Crippen molar-refractivity contribution in [1.29, 1.82) is 0 Å². The van der Waals surface area contributed by atoms with Crippen LogP contribution in [0.3, 0.4) is 0 Å². The summed E-state index contributed by atoms with van der Waals surface area (Å²) >= 11 is 0. The standard InChI is InChI=1S/C39H35N3O5/c1-39(23-6-24-42-37(47-42)38(43)44,29-13-19-33(20-14-29)45-25-31-17-11-27-7-2-4-9-35(27)40-31)30-15-21-34(22-16-30)46-26-32-18-12-28-8-3-5-10-36(28)41-32/h2-5,7-22,37H,6,23-26H2,1H3,(H,43,44). The van der Waals surface area contributed by atoms with Crippen LogP contribution in [0.15, 0.2) is 121 Å². The van der Waals surface area contributed by atoms with E-state index in [0.717, 1.165) is 68.7 Å². The summed E-state index contributed by atoms with van der Waals surface area (Å²) in [6.45, 7) is 3.50. The van der Waals surface area contributed by atoms with Gasteiger partial charge in [-0.25, -0.2) is 14.8 Å². The van der Waals surface area contributed by atoms with Gasteiger partial charge in [0.1, 0.15) is 24.7 Å². The van der Waals surface area contributed by atoms with Crippen molar-refractivity contribution in [3.05, 3.63) is 144 Å². The van der Waals surface area contributed by atoms with Crippen LogP contribution in [0.1, 0.15) is 42.3 Å². The zero-order valence-electron chi connectivity index (χ0n) is 26.1. The minimum absolute atomic E-state index is 0.356. The number of ether oxygens (including phenoxy) is 2. The van der Waals surface area contributed by atoms with Crippen molar-refractivity contribution in [2.24, 2.45) is 0 Å². The maximum Gasteiger partial charge on any atom is 0.352 e. The Morgan fingerprint density at radius 2 is 1.21 bits per heavy atom. The molecule has 1 fully saturated rings. The van der Waals surface area contributed by atoms with E-state index in [1.165, 1.54) is 5.06 Å². The van der Waals surface area contributed by atoms with E-state index in [-0.39, 0.29) is 5.41 Å². The Morgan fingerprint density at radius 1 is 0.723 bits per heavy atom. The minimum Gasteiger partial charge on any atom is -0.487 e. The first-order valence-corrected chi connectivity index (χ1v) is 15.8. The third-order valence-electron chi connectivity index (χ3n) is 8.79. The van der Waals surface area contributed by atoms with Crippen LogP contribution in [0.2, 0.25) is 0 Å². The van der Waals surface area contributed by atoms with Crippen LogP contribution >= 0.6 is 0 Å². The second kappa shape index (κ2) is 13.2. The van der Waals surface area contributed by atoms with Gasteiger partial charge >= 0.3 is 5.97 Å². The smallest absolute Gasteiger partial charge is 0.352 e. The molecule has 0 saturated carbocycles. The first-order chi connectivity index (χ1) is 22.9. The van der Waals surface area contributed by atoms with E-state index in [2.05, 4.69) is 43.3 Å². The Morgan fingerprint density at radius 3 is 1.68 bits per heavy atom. The predicted octanol–water partition coefficient (Wildman–Crippen LogP) is 7.69. The third-order valence-corrected chi connectivity index (χ3v) is 8.79. The summed E-state index contributed by atoms with van der Waals surface area (Å²) in [6.07, 6.45) is 0.683. The van der Waals surface area contributed by atoms with Gasteiger partial charge in [-0.05, 0) is 72.5 Å². The highest BCUT2D eigenvalue weighted by Gasteiger charge is 2.43. The van der Waals surface area contributed by atoms with Gasteiger partial charge < -0.3 is 14.6 Å². The molecule has 0 bridgehead atoms. The van der Waals surface area contributed by atoms with Gasteiger partial charge in [0.2, 0.25) is 0 Å². The zero-order valence-corrected chi connectivity index (χ0v) is 26.1. The van der Waals surface area contributed by atoms with Crippen LogP contribution in [-0.4, -0.2) is 38.9 Å². The molecule has 4 aromatic carbocycles. The highest BCUT2D eigenvalue weighted by atomic mass is 16.8. The number of carbonyl (C=O) groups is 1. The highest BCUT2D eigenvalue weighted by molar-refractivity contribution is 5.79. The van der Waals surface area contributed by atoms with Crippen LogP contribution in [0.4, 0.5) is 0 Å². The topological polar surface area (TPSA) is 97.1 Å². The van der Waals surface area contributed by atoms with E-state index in [4.69, 9.17) is 24.3 Å². The number of carboxylic acids is 1. The number of pyridine rings is 2. The fourth-order valence-corrected chi connectivity index (χ4v) is 6.01. The third kappa shape index (κ3) is 6.94. The predicted molar refractivity (Wildman–Crippen MR) is 180 cm³/mol. The lowest BCUT2D eigenvalue weighted by Gasteiger charge is -2.31. The maximum atomic E-state index is 11.2. The molecule has 0 spiro atoms. The van der Waals surface area contributed by atoms with Crippen LogP contribution in [0.25, 0.3) is 21.8 Å². The second-order valence-electron chi connectivity index (χ2n) is 12.0. The number of para-hydroxylation sites is 2. The van der Waals surface area contributed by atoms with Gasteiger partial charge in [-0.2, -0.15) is 0 Å². The molecule has 0 aliphatic carbocycles. The van der Waals surface area contributed by atoms with E-state index in [0.29, 0.717) is 19.8 Å². The molecule has 2 aromatic heterocycles. The van der Waals surface area contributed by atoms with Crippen molar-refractivity contribution in [2.45, 2.75) is 44.6 Å². The molecule has 7 rings (SSSR count). The number of carboxylic acid groups (broad SMARTS) is 1. The Bertz CT molecular complexity index is 1890. The molecule has 0 radical (unpaired) electrons. The van der Waals surface area contributed by atoms with E-state index in [1.807, 2.05) is 84.9 Å². The number of fused-ring (bicyclic) bond motifs is 2. The molecule has 236 valence electrons. The Hall–Kier alpha value is -5.31. The molecule has 1 saturated heterocycles. The largest absolute Gasteiger partial charge is 0.487 e. The van der Waals surface area contributed by atoms with Gasteiger partial charge in [0.25, 0.3) is 6.23 Å². The summed E-state index contributed by atoms with van der Waals surface area (Å²) in [5.74, 6) is 0.564. The molecule has 0 amide bonds. The van der Waals surface area contributed by atoms with Crippen LogP contribution in [-0.2, 0) is 28.3 Å². The minimum atomic E-state index is -0.961. The lowest BCUT2D eigenvalue weighted by atomic mass is 9.73. The molecule has 3 heterocycles. The van der Waals surface area contributed by atoms with Crippen molar-refractivity contribution in [2.75, 3.05) is 6.54 Å². The van der Waals surface area contributed by atoms with Crippen LogP contribution in [0.5, 0.6) is 11.5 Å². The summed E-state index contributed by atoms with van der Waals surface area (Å²) in [5.41, 5.74) is 5.54. The van der Waals surface area contributed by atoms with Gasteiger partial charge in [0, 0.05) is 22.7 Å². The molecule has 1 aliphatic rings. The van der Waals surface area contributed by atoms with E-state index >= 15 is 0 Å². The molecule has 6 aromatic rings. The SMILES string of the molecule is CC(CCCN1OC1C(=O)O)(c1ccc(OCc2ccc3ccccc3n2)cc1)c1ccc(OCc2ccc3ccccc3n2)cc1.